The molecule has 0 aromatic carbocycles. The topological polar surface area (TPSA) is 173 Å². The first-order chi connectivity index (χ1) is 25.7. The number of aliphatic hydroxyl groups is 5. The number of carbonyl (C=O) groups is 1. The molecular weight excluding hydrogens is 672 g/mol. The van der Waals surface area contributed by atoms with Crippen LogP contribution in [0.4, 0.5) is 0 Å². The molecule has 0 radical (unpaired) electrons. The lowest BCUT2D eigenvalue weighted by Crippen LogP contribution is -2.48. The van der Waals surface area contributed by atoms with Crippen LogP contribution in [0, 0.1) is 0 Å². The van der Waals surface area contributed by atoms with Crippen molar-refractivity contribution >= 4 is 5.97 Å². The van der Waals surface area contributed by atoms with Gasteiger partial charge in [0.1, 0.15) is 18.3 Å². The average molecular weight is 747 g/mol. The lowest BCUT2D eigenvalue weighted by Gasteiger charge is -2.23. The van der Waals surface area contributed by atoms with E-state index in [2.05, 4.69) is 72.0 Å². The number of aryl methyl sites for hydroxylation is 2. The van der Waals surface area contributed by atoms with Gasteiger partial charge in [-0.25, -0.2) is 4.79 Å². The Labute approximate surface area is 319 Å². The molecule has 0 aliphatic rings. The number of aromatic nitrogens is 2. The van der Waals surface area contributed by atoms with E-state index in [1.54, 1.807) is 0 Å². The minimum Gasteiger partial charge on any atom is -0.479 e. The fourth-order valence-corrected chi connectivity index (χ4v) is 5.93. The van der Waals surface area contributed by atoms with Gasteiger partial charge in [-0.15, -0.1) is 0 Å². The Morgan fingerprint density at radius 1 is 0.547 bits per heavy atom. The van der Waals surface area contributed by atoms with Crippen LogP contribution in [0.5, 0.6) is 0 Å². The highest BCUT2D eigenvalue weighted by Crippen LogP contribution is 2.11. The smallest absolute Gasteiger partial charge is 0.335 e. The van der Waals surface area contributed by atoms with Crippen LogP contribution >= 0.6 is 0 Å². The largest absolute Gasteiger partial charge is 0.479 e. The van der Waals surface area contributed by atoms with Gasteiger partial charge in [-0.05, 0) is 49.9 Å². The first-order valence-corrected chi connectivity index (χ1v) is 20.6. The molecule has 11 heteroatoms. The number of aliphatic hydroxyl groups excluding tert-OH is 5. The van der Waals surface area contributed by atoms with E-state index in [0.29, 0.717) is 0 Å². The monoisotopic (exact) mass is 747 g/mol. The number of carboxylic acid groups (broad SMARTS) is 1. The highest BCUT2D eigenvalue weighted by atomic mass is 16.4. The number of aliphatic carboxylic acids is 1. The Bertz CT molecular complexity index is 1180. The third kappa shape index (κ3) is 25.0. The zero-order chi connectivity index (χ0) is 38.9. The first-order valence-electron chi connectivity index (χ1n) is 20.6. The molecule has 2 rings (SSSR count). The molecule has 0 bridgehead atoms. The molecule has 0 amide bonds. The number of hydrogen-bond acceptors (Lipinski definition) is 8. The number of carboxylic acids is 1. The Kier molecular flexibility index (Phi) is 29.6. The number of unbranched alkanes of at least 4 members (excludes halogenated alkanes) is 17. The highest BCUT2D eigenvalue weighted by Gasteiger charge is 2.33. The van der Waals surface area contributed by atoms with Crippen LogP contribution in [0.1, 0.15) is 142 Å². The van der Waals surface area contributed by atoms with E-state index in [1.807, 2.05) is 0 Å². The summed E-state index contributed by atoms with van der Waals surface area (Å²) < 4.78 is 4.63. The predicted molar refractivity (Wildman–Crippen MR) is 212 cm³/mol. The summed E-state index contributed by atoms with van der Waals surface area (Å²) in [5.41, 5.74) is 0. The Morgan fingerprint density at radius 2 is 0.887 bits per heavy atom. The summed E-state index contributed by atoms with van der Waals surface area (Å²) in [4.78, 5) is 19.6. The molecule has 0 aliphatic carbocycles. The molecule has 0 aliphatic heterocycles. The fraction of sp³-hybridized carbons (Fsp3) is 0.738. The minimum atomic E-state index is -2.20. The maximum absolute atomic E-state index is 10.1. The van der Waals surface area contributed by atoms with Crippen molar-refractivity contribution in [1.82, 2.24) is 9.13 Å². The van der Waals surface area contributed by atoms with Crippen molar-refractivity contribution in [3.8, 4) is 0 Å². The molecule has 53 heavy (non-hydrogen) atoms. The SMILES string of the molecule is CCCCCCCCN=c1ccn(CCCCCCCCCCn2ccc(=NCCCCCCCC)cc2)cc1.O=C(O)[C@H](O)[C@@H](O)[C@H](O)[C@H](O)CO. The molecule has 2 aromatic heterocycles. The molecular formula is C42H74N4O7. The fourth-order valence-electron chi connectivity index (χ4n) is 5.93. The molecule has 2 aromatic rings. The molecule has 6 N–H and O–H groups in total. The average Bonchev–Trinajstić information content (AvgIpc) is 3.17. The summed E-state index contributed by atoms with van der Waals surface area (Å²) >= 11 is 0. The molecule has 2 heterocycles. The van der Waals surface area contributed by atoms with E-state index in [1.165, 1.54) is 128 Å². The lowest BCUT2D eigenvalue weighted by atomic mass is 10.0. The van der Waals surface area contributed by atoms with Crippen molar-refractivity contribution in [3.05, 3.63) is 59.8 Å². The Morgan fingerprint density at radius 3 is 1.23 bits per heavy atom. The van der Waals surface area contributed by atoms with Gasteiger partial charge >= 0.3 is 5.97 Å². The van der Waals surface area contributed by atoms with Crippen LogP contribution in [-0.2, 0) is 17.9 Å². The molecule has 0 spiro atoms. The number of nitrogens with zero attached hydrogens (tertiary/aromatic N) is 4. The second kappa shape index (κ2) is 32.6. The van der Waals surface area contributed by atoms with Crippen molar-refractivity contribution in [2.45, 2.75) is 180 Å². The van der Waals surface area contributed by atoms with Crippen molar-refractivity contribution in [2.75, 3.05) is 19.7 Å². The summed E-state index contributed by atoms with van der Waals surface area (Å²) in [5, 5.41) is 54.1. The molecule has 0 saturated carbocycles. The summed E-state index contributed by atoms with van der Waals surface area (Å²) in [6.07, 6.45) is 27.7. The van der Waals surface area contributed by atoms with Gasteiger partial charge in [0.2, 0.25) is 0 Å². The normalized spacial score (nSPS) is 13.4. The predicted octanol–water partition coefficient (Wildman–Crippen LogP) is 6.14. The minimum absolute atomic E-state index is 0.843. The third-order valence-corrected chi connectivity index (χ3v) is 9.45. The van der Waals surface area contributed by atoms with Crippen LogP contribution in [0.15, 0.2) is 59.0 Å². The van der Waals surface area contributed by atoms with E-state index < -0.39 is 37.0 Å². The van der Waals surface area contributed by atoms with Gasteiger partial charge in [-0.2, -0.15) is 0 Å². The van der Waals surface area contributed by atoms with Crippen molar-refractivity contribution in [1.29, 1.82) is 0 Å². The van der Waals surface area contributed by atoms with Gasteiger partial charge in [0.15, 0.2) is 6.10 Å². The lowest BCUT2D eigenvalue weighted by molar-refractivity contribution is -0.164. The maximum atomic E-state index is 10.1. The van der Waals surface area contributed by atoms with E-state index >= 15 is 0 Å². The molecule has 11 nitrogen and oxygen atoms in total. The van der Waals surface area contributed by atoms with Crippen LogP contribution in [0.2, 0.25) is 0 Å². The summed E-state index contributed by atoms with van der Waals surface area (Å²) in [6, 6.07) is 8.71. The quantitative estimate of drug-likeness (QED) is 0.0521. The van der Waals surface area contributed by atoms with Gasteiger partial charge in [-0.3, -0.25) is 9.98 Å². The number of rotatable bonds is 30. The first kappa shape index (κ1) is 48.2. The van der Waals surface area contributed by atoms with Gasteiger partial charge in [0.25, 0.3) is 0 Å². The summed E-state index contributed by atoms with van der Waals surface area (Å²) in [5.74, 6) is -1.73. The van der Waals surface area contributed by atoms with Gasteiger partial charge in [0.05, 0.1) is 17.3 Å². The van der Waals surface area contributed by atoms with E-state index in [9.17, 15) is 4.79 Å². The second-order valence-corrected chi connectivity index (χ2v) is 14.2. The van der Waals surface area contributed by atoms with Crippen LogP contribution in [0.25, 0.3) is 0 Å². The number of hydrogen-bond donors (Lipinski definition) is 6. The van der Waals surface area contributed by atoms with Crippen LogP contribution < -0.4 is 10.7 Å². The van der Waals surface area contributed by atoms with Crippen molar-refractivity contribution < 1.29 is 35.4 Å². The standard InChI is InChI=1S/C36H62N4.C6H12O7/c1-3-5-7-9-15-19-27-37-35-23-31-39(32-24-35)29-21-17-13-11-12-14-18-22-30-40-33-25-36(26-34-40)38-28-20-16-10-8-6-4-2;7-1-2(8)3(9)4(10)5(11)6(12)13/h23-26,31-34H,3-22,27-30H2,1-2H3;2-5,7-11H,1H2,(H,12,13)/t;2-,3-,4+,5-/m.1/s1. The van der Waals surface area contributed by atoms with Crippen LogP contribution in [-0.4, -0.2) is 89.9 Å². The zero-order valence-electron chi connectivity index (χ0n) is 33.0. The van der Waals surface area contributed by atoms with E-state index in [-0.39, 0.29) is 0 Å². The van der Waals surface area contributed by atoms with E-state index in [4.69, 9.17) is 40.6 Å². The Balaban J connectivity index is 0.000000915. The molecule has 0 unspecified atom stereocenters. The Hall–Kier alpha value is -2.83. The van der Waals surface area contributed by atoms with Crippen molar-refractivity contribution in [3.63, 3.8) is 0 Å². The summed E-state index contributed by atoms with van der Waals surface area (Å²) in [6.45, 7) is 7.89. The van der Waals surface area contributed by atoms with Gasteiger partial charge < -0.3 is 39.8 Å². The molecule has 0 saturated heterocycles. The highest BCUT2D eigenvalue weighted by molar-refractivity contribution is 5.72. The molecule has 0 fully saturated rings. The van der Waals surface area contributed by atoms with Crippen molar-refractivity contribution in [2.24, 2.45) is 9.98 Å². The molecule has 304 valence electrons. The molecule has 4 atom stereocenters. The zero-order valence-corrected chi connectivity index (χ0v) is 33.0. The third-order valence-electron chi connectivity index (χ3n) is 9.45. The van der Waals surface area contributed by atoms with Gasteiger partial charge in [-0.1, -0.05) is 117 Å². The van der Waals surface area contributed by atoms with E-state index in [0.717, 1.165) is 36.9 Å². The number of pyridine rings is 2. The second-order valence-electron chi connectivity index (χ2n) is 14.2. The summed E-state index contributed by atoms with van der Waals surface area (Å²) in [7, 11) is 0. The van der Waals surface area contributed by atoms with Crippen LogP contribution in [0.3, 0.4) is 0 Å². The maximum Gasteiger partial charge on any atom is 0.335 e. The van der Waals surface area contributed by atoms with Gasteiger partial charge in [0, 0.05) is 51.0 Å².